The van der Waals surface area contributed by atoms with Crippen molar-refractivity contribution in [1.29, 1.82) is 0 Å². The molecule has 0 fully saturated rings. The summed E-state index contributed by atoms with van der Waals surface area (Å²) in [6.07, 6.45) is 3.45. The lowest BCUT2D eigenvalue weighted by molar-refractivity contribution is 1.24. The maximum absolute atomic E-state index is 4.94. The predicted octanol–water partition coefficient (Wildman–Crippen LogP) is 0.616. The minimum atomic E-state index is 0.970. The zero-order chi connectivity index (χ0) is 6.69. The number of hydrogen-bond acceptors (Lipinski definition) is 2. The average Bonchev–Trinajstić information content (AvgIpc) is 2.18. The lowest BCUT2D eigenvalue weighted by Gasteiger charge is -1.85. The molecule has 0 spiro atoms. The van der Waals surface area contributed by atoms with Crippen LogP contribution in [0.25, 0.3) is 0 Å². The monoisotopic (exact) mass is 123 g/mol. The number of rotatable bonds is 1. The Morgan fingerprint density at radius 1 is 1.78 bits per heavy atom. The Bertz CT molecular complexity index is 212. The fourth-order valence-electron chi connectivity index (χ4n) is 0.674. The molecular weight excluding hydrogens is 114 g/mol. The molecular formula is C6H9N3. The molecule has 1 aromatic heterocycles. The van der Waals surface area contributed by atoms with Crippen molar-refractivity contribution in [2.24, 2.45) is 10.9 Å². The molecule has 3 heteroatoms. The lowest BCUT2D eigenvalue weighted by atomic mass is 10.3. The van der Waals surface area contributed by atoms with Crippen LogP contribution in [0.5, 0.6) is 0 Å². The molecule has 0 atom stereocenters. The molecule has 0 saturated heterocycles. The highest BCUT2D eigenvalue weighted by atomic mass is 15.1. The van der Waals surface area contributed by atoms with Gasteiger partial charge in [0.1, 0.15) is 0 Å². The van der Waals surface area contributed by atoms with E-state index in [2.05, 4.69) is 10.1 Å². The third-order valence-electron chi connectivity index (χ3n) is 1.20. The molecule has 1 rings (SSSR count). The maximum Gasteiger partial charge on any atom is 0.0703 e. The Labute approximate surface area is 53.6 Å². The van der Waals surface area contributed by atoms with Gasteiger partial charge in [0.05, 0.1) is 11.9 Å². The lowest BCUT2D eigenvalue weighted by Crippen LogP contribution is -1.87. The summed E-state index contributed by atoms with van der Waals surface area (Å²) >= 11 is 0. The number of aromatic amines is 1. The average molecular weight is 123 g/mol. The van der Waals surface area contributed by atoms with Crippen molar-refractivity contribution in [3.63, 3.8) is 0 Å². The molecule has 0 aromatic carbocycles. The van der Waals surface area contributed by atoms with Gasteiger partial charge in [0.2, 0.25) is 0 Å². The van der Waals surface area contributed by atoms with Gasteiger partial charge in [-0.1, -0.05) is 0 Å². The Morgan fingerprint density at radius 2 is 2.56 bits per heavy atom. The summed E-state index contributed by atoms with van der Waals surface area (Å²) in [6.45, 7) is 1.99. The van der Waals surface area contributed by atoms with Crippen LogP contribution in [0.2, 0.25) is 0 Å². The van der Waals surface area contributed by atoms with Crippen molar-refractivity contribution in [3.05, 3.63) is 23.5 Å². The van der Waals surface area contributed by atoms with Crippen molar-refractivity contribution in [1.82, 2.24) is 4.98 Å². The SMILES string of the molecule is Cc1cc[nH]c1/C=N\N. The number of nitrogens with two attached hydrogens (primary N) is 1. The Hall–Kier alpha value is -1.25. The second kappa shape index (κ2) is 2.35. The molecule has 3 nitrogen and oxygen atoms in total. The van der Waals surface area contributed by atoms with Crippen LogP contribution in [0.1, 0.15) is 11.3 Å². The van der Waals surface area contributed by atoms with Crippen molar-refractivity contribution in [2.75, 3.05) is 0 Å². The van der Waals surface area contributed by atoms with Crippen LogP contribution in [-0.4, -0.2) is 11.2 Å². The summed E-state index contributed by atoms with van der Waals surface area (Å²) in [7, 11) is 0. The summed E-state index contributed by atoms with van der Waals surface area (Å²) in [5.74, 6) is 4.94. The highest BCUT2D eigenvalue weighted by Gasteiger charge is 1.91. The van der Waals surface area contributed by atoms with E-state index in [0.29, 0.717) is 0 Å². The van der Waals surface area contributed by atoms with Crippen LogP contribution >= 0.6 is 0 Å². The molecule has 0 amide bonds. The quantitative estimate of drug-likeness (QED) is 0.321. The molecule has 0 aliphatic carbocycles. The van der Waals surface area contributed by atoms with Crippen molar-refractivity contribution in [3.8, 4) is 0 Å². The van der Waals surface area contributed by atoms with E-state index in [4.69, 9.17) is 5.84 Å². The Kier molecular flexibility index (Phi) is 1.53. The van der Waals surface area contributed by atoms with Gasteiger partial charge in [-0.15, -0.1) is 0 Å². The Balaban J connectivity index is 2.94. The van der Waals surface area contributed by atoms with Gasteiger partial charge >= 0.3 is 0 Å². The van der Waals surface area contributed by atoms with E-state index in [1.165, 1.54) is 0 Å². The van der Waals surface area contributed by atoms with E-state index in [1.807, 2.05) is 19.2 Å². The predicted molar refractivity (Wildman–Crippen MR) is 37.3 cm³/mol. The summed E-state index contributed by atoms with van der Waals surface area (Å²) < 4.78 is 0. The number of hydrogen-bond donors (Lipinski definition) is 2. The highest BCUT2D eigenvalue weighted by molar-refractivity contribution is 5.78. The fourth-order valence-corrected chi connectivity index (χ4v) is 0.674. The van der Waals surface area contributed by atoms with Crippen LogP contribution < -0.4 is 5.84 Å². The van der Waals surface area contributed by atoms with Gasteiger partial charge in [0.25, 0.3) is 0 Å². The van der Waals surface area contributed by atoms with Gasteiger partial charge < -0.3 is 10.8 Å². The first-order valence-corrected chi connectivity index (χ1v) is 2.72. The molecule has 0 unspecified atom stereocenters. The van der Waals surface area contributed by atoms with Crippen molar-refractivity contribution < 1.29 is 0 Å². The number of aromatic nitrogens is 1. The molecule has 1 heterocycles. The molecule has 0 bridgehead atoms. The summed E-state index contributed by atoms with van der Waals surface area (Å²) in [6, 6.07) is 1.97. The first kappa shape index (κ1) is 5.88. The first-order valence-electron chi connectivity index (χ1n) is 2.72. The van der Waals surface area contributed by atoms with E-state index in [-0.39, 0.29) is 0 Å². The van der Waals surface area contributed by atoms with Crippen molar-refractivity contribution in [2.45, 2.75) is 6.92 Å². The minimum absolute atomic E-state index is 0.970. The molecule has 48 valence electrons. The summed E-state index contributed by atoms with van der Waals surface area (Å²) in [5, 5.41) is 3.38. The van der Waals surface area contributed by atoms with E-state index < -0.39 is 0 Å². The van der Waals surface area contributed by atoms with Crippen LogP contribution in [0, 0.1) is 6.92 Å². The summed E-state index contributed by atoms with van der Waals surface area (Å²) in [5.41, 5.74) is 2.13. The molecule has 0 aliphatic rings. The fraction of sp³-hybridized carbons (Fsp3) is 0.167. The van der Waals surface area contributed by atoms with Gasteiger partial charge in [-0.05, 0) is 18.6 Å². The molecule has 0 saturated carbocycles. The van der Waals surface area contributed by atoms with Gasteiger partial charge in [-0.3, -0.25) is 0 Å². The van der Waals surface area contributed by atoms with E-state index in [0.717, 1.165) is 11.3 Å². The zero-order valence-electron chi connectivity index (χ0n) is 5.26. The van der Waals surface area contributed by atoms with Gasteiger partial charge in [0.15, 0.2) is 0 Å². The maximum atomic E-state index is 4.94. The van der Waals surface area contributed by atoms with Gasteiger partial charge in [0, 0.05) is 6.20 Å². The Morgan fingerprint density at radius 3 is 3.00 bits per heavy atom. The van der Waals surface area contributed by atoms with E-state index in [1.54, 1.807) is 6.21 Å². The van der Waals surface area contributed by atoms with Crippen LogP contribution in [0.15, 0.2) is 17.4 Å². The standard InChI is InChI=1S/C6H9N3/c1-5-2-3-8-6(5)4-9-7/h2-4,8H,7H2,1H3/b9-4-. The number of nitrogens with zero attached hydrogens (tertiary/aromatic N) is 1. The topological polar surface area (TPSA) is 54.2 Å². The third-order valence-corrected chi connectivity index (χ3v) is 1.20. The number of nitrogens with one attached hydrogen (secondary N) is 1. The minimum Gasteiger partial charge on any atom is -0.360 e. The van der Waals surface area contributed by atoms with Crippen LogP contribution in [0.3, 0.4) is 0 Å². The van der Waals surface area contributed by atoms with E-state index >= 15 is 0 Å². The smallest absolute Gasteiger partial charge is 0.0703 e. The van der Waals surface area contributed by atoms with Gasteiger partial charge in [-0.2, -0.15) is 5.10 Å². The first-order chi connectivity index (χ1) is 4.34. The molecule has 0 radical (unpaired) electrons. The van der Waals surface area contributed by atoms with Crippen LogP contribution in [-0.2, 0) is 0 Å². The molecule has 1 aromatic rings. The second-order valence-corrected chi connectivity index (χ2v) is 1.85. The van der Waals surface area contributed by atoms with Crippen molar-refractivity contribution >= 4 is 6.21 Å². The summed E-state index contributed by atoms with van der Waals surface area (Å²) in [4.78, 5) is 2.98. The number of aryl methyl sites for hydroxylation is 1. The molecule has 0 aliphatic heterocycles. The number of hydrazone groups is 1. The highest BCUT2D eigenvalue weighted by Crippen LogP contribution is 1.99. The normalized spacial score (nSPS) is 10.8. The molecule has 3 N–H and O–H groups in total. The van der Waals surface area contributed by atoms with E-state index in [9.17, 15) is 0 Å². The largest absolute Gasteiger partial charge is 0.360 e. The second-order valence-electron chi connectivity index (χ2n) is 1.85. The van der Waals surface area contributed by atoms with Crippen LogP contribution in [0.4, 0.5) is 0 Å². The number of H-pyrrole nitrogens is 1. The third kappa shape index (κ3) is 1.10. The van der Waals surface area contributed by atoms with Gasteiger partial charge in [-0.25, -0.2) is 0 Å². The molecule has 9 heavy (non-hydrogen) atoms. The zero-order valence-corrected chi connectivity index (χ0v) is 5.26.